The molecule has 1 amide bonds. The van der Waals surface area contributed by atoms with E-state index in [1.807, 2.05) is 66.9 Å². The van der Waals surface area contributed by atoms with E-state index in [0.29, 0.717) is 11.6 Å². The number of hydrogen-bond acceptors (Lipinski definition) is 5. The van der Waals surface area contributed by atoms with Gasteiger partial charge in [0.2, 0.25) is 5.82 Å². The number of amides is 1. The maximum absolute atomic E-state index is 12.6. The second kappa shape index (κ2) is 6.89. The third kappa shape index (κ3) is 3.12. The van der Waals surface area contributed by atoms with E-state index in [1.54, 1.807) is 22.2 Å². The Kier molecular flexibility index (Phi) is 4.28. The maximum Gasteiger partial charge on any atom is 0.296 e. The third-order valence-electron chi connectivity index (χ3n) is 3.79. The van der Waals surface area contributed by atoms with Gasteiger partial charge in [0.1, 0.15) is 5.82 Å². The molecule has 26 heavy (non-hydrogen) atoms. The monoisotopic (exact) mass is 361 g/mol. The number of hydrogen-bond donors (Lipinski definition) is 1. The van der Waals surface area contributed by atoms with Crippen LogP contribution in [0.5, 0.6) is 0 Å². The first-order valence-electron chi connectivity index (χ1n) is 8.02. The van der Waals surface area contributed by atoms with Crippen LogP contribution in [0.4, 0.5) is 5.82 Å². The zero-order chi connectivity index (χ0) is 17.9. The summed E-state index contributed by atoms with van der Waals surface area (Å²) in [6.07, 6.45) is 1.63. The minimum atomic E-state index is -0.390. The standard InChI is InChI=1S/C19H15N5OS/c1-13-7-5-11-20-16(13)22-19(25)17-21-18(15-10-6-12-26-15)24(23-17)14-8-3-2-4-9-14/h2-12H,1H3,(H,20,22,25). The van der Waals surface area contributed by atoms with Gasteiger partial charge >= 0.3 is 0 Å². The molecule has 7 heteroatoms. The summed E-state index contributed by atoms with van der Waals surface area (Å²) in [6.45, 7) is 1.88. The number of para-hydroxylation sites is 1. The Bertz CT molecular complexity index is 1040. The van der Waals surface area contributed by atoms with Crippen molar-refractivity contribution in [2.45, 2.75) is 6.92 Å². The molecule has 4 rings (SSSR count). The largest absolute Gasteiger partial charge is 0.304 e. The molecule has 0 atom stereocenters. The Labute approximate surface area is 154 Å². The lowest BCUT2D eigenvalue weighted by Crippen LogP contribution is -2.16. The quantitative estimate of drug-likeness (QED) is 0.597. The van der Waals surface area contributed by atoms with E-state index in [4.69, 9.17) is 0 Å². The van der Waals surface area contributed by atoms with Crippen molar-refractivity contribution >= 4 is 23.1 Å². The van der Waals surface area contributed by atoms with Crippen LogP contribution in [-0.4, -0.2) is 25.7 Å². The van der Waals surface area contributed by atoms with Gasteiger partial charge in [0.15, 0.2) is 5.82 Å². The highest BCUT2D eigenvalue weighted by molar-refractivity contribution is 7.13. The minimum Gasteiger partial charge on any atom is -0.304 e. The Balaban J connectivity index is 1.74. The Morgan fingerprint density at radius 2 is 1.92 bits per heavy atom. The molecule has 0 bridgehead atoms. The van der Waals surface area contributed by atoms with Gasteiger partial charge in [-0.05, 0) is 42.1 Å². The summed E-state index contributed by atoms with van der Waals surface area (Å²) in [4.78, 5) is 22.3. The number of pyridine rings is 1. The van der Waals surface area contributed by atoms with Crippen LogP contribution in [0.2, 0.25) is 0 Å². The molecule has 3 heterocycles. The molecule has 128 valence electrons. The van der Waals surface area contributed by atoms with E-state index in [1.165, 1.54) is 0 Å². The molecule has 0 saturated heterocycles. The van der Waals surface area contributed by atoms with Crippen molar-refractivity contribution in [2.24, 2.45) is 0 Å². The van der Waals surface area contributed by atoms with Gasteiger partial charge in [0.25, 0.3) is 5.91 Å². The minimum absolute atomic E-state index is 0.0994. The van der Waals surface area contributed by atoms with Gasteiger partial charge in [-0.15, -0.1) is 16.4 Å². The summed E-state index contributed by atoms with van der Waals surface area (Å²) in [5.41, 5.74) is 1.72. The molecule has 0 aliphatic heterocycles. The van der Waals surface area contributed by atoms with E-state index in [2.05, 4.69) is 20.4 Å². The fourth-order valence-electron chi connectivity index (χ4n) is 2.50. The maximum atomic E-state index is 12.6. The second-order valence-corrected chi connectivity index (χ2v) is 6.55. The predicted molar refractivity (Wildman–Crippen MR) is 102 cm³/mol. The molecule has 0 fully saturated rings. The fourth-order valence-corrected chi connectivity index (χ4v) is 3.20. The molecule has 4 aromatic rings. The van der Waals surface area contributed by atoms with Crippen molar-refractivity contribution in [1.29, 1.82) is 0 Å². The van der Waals surface area contributed by atoms with E-state index < -0.39 is 0 Å². The van der Waals surface area contributed by atoms with Crippen molar-refractivity contribution < 1.29 is 4.79 Å². The molecule has 1 aromatic carbocycles. The van der Waals surface area contributed by atoms with Gasteiger partial charge in [0.05, 0.1) is 10.6 Å². The first-order valence-corrected chi connectivity index (χ1v) is 8.89. The van der Waals surface area contributed by atoms with E-state index in [0.717, 1.165) is 16.1 Å². The SMILES string of the molecule is Cc1cccnc1NC(=O)c1nc(-c2cccs2)n(-c2ccccc2)n1. The van der Waals surface area contributed by atoms with Crippen molar-refractivity contribution in [3.63, 3.8) is 0 Å². The number of thiophene rings is 1. The van der Waals surface area contributed by atoms with Crippen LogP contribution in [0, 0.1) is 6.92 Å². The number of aryl methyl sites for hydroxylation is 1. The molecule has 0 radical (unpaired) electrons. The number of anilines is 1. The Hall–Kier alpha value is -3.32. The highest BCUT2D eigenvalue weighted by Crippen LogP contribution is 2.25. The summed E-state index contributed by atoms with van der Waals surface area (Å²) in [5.74, 6) is 0.849. The zero-order valence-electron chi connectivity index (χ0n) is 14.0. The van der Waals surface area contributed by atoms with E-state index in [-0.39, 0.29) is 11.7 Å². The summed E-state index contributed by atoms with van der Waals surface area (Å²) in [7, 11) is 0. The lowest BCUT2D eigenvalue weighted by molar-refractivity contribution is 0.101. The van der Waals surface area contributed by atoms with Crippen LogP contribution in [0.15, 0.2) is 66.2 Å². The van der Waals surface area contributed by atoms with Gasteiger partial charge in [-0.1, -0.05) is 30.3 Å². The molecule has 0 unspecified atom stereocenters. The highest BCUT2D eigenvalue weighted by Gasteiger charge is 2.20. The topological polar surface area (TPSA) is 72.7 Å². The van der Waals surface area contributed by atoms with Crippen LogP contribution < -0.4 is 5.32 Å². The molecule has 3 aromatic heterocycles. The first-order chi connectivity index (χ1) is 12.7. The van der Waals surface area contributed by atoms with Crippen molar-refractivity contribution in [2.75, 3.05) is 5.32 Å². The van der Waals surface area contributed by atoms with Gasteiger partial charge in [-0.3, -0.25) is 4.79 Å². The number of aromatic nitrogens is 4. The summed E-state index contributed by atoms with van der Waals surface area (Å²) in [5, 5.41) is 9.18. The predicted octanol–water partition coefficient (Wildman–Crippen LogP) is 3.95. The highest BCUT2D eigenvalue weighted by atomic mass is 32.1. The third-order valence-corrected chi connectivity index (χ3v) is 4.66. The number of carbonyl (C=O) groups is 1. The molecule has 0 aliphatic carbocycles. The van der Waals surface area contributed by atoms with Crippen LogP contribution in [0.1, 0.15) is 16.2 Å². The normalized spacial score (nSPS) is 10.7. The lowest BCUT2D eigenvalue weighted by Gasteiger charge is -2.04. The van der Waals surface area contributed by atoms with Crippen molar-refractivity contribution in [3.8, 4) is 16.4 Å². The molecule has 0 aliphatic rings. The molecular weight excluding hydrogens is 346 g/mol. The van der Waals surface area contributed by atoms with Crippen LogP contribution in [0.25, 0.3) is 16.4 Å². The van der Waals surface area contributed by atoms with Crippen molar-refractivity contribution in [1.82, 2.24) is 19.7 Å². The number of benzene rings is 1. The summed E-state index contributed by atoms with van der Waals surface area (Å²) < 4.78 is 1.69. The van der Waals surface area contributed by atoms with E-state index in [9.17, 15) is 4.79 Å². The first kappa shape index (κ1) is 16.2. The number of nitrogens with one attached hydrogen (secondary N) is 1. The fraction of sp³-hybridized carbons (Fsp3) is 0.0526. The number of carbonyl (C=O) groups excluding carboxylic acids is 1. The summed E-state index contributed by atoms with van der Waals surface area (Å²) >= 11 is 1.55. The molecular formula is C19H15N5OS. The molecule has 0 saturated carbocycles. The van der Waals surface area contributed by atoms with Gasteiger partial charge < -0.3 is 5.32 Å². The second-order valence-electron chi connectivity index (χ2n) is 5.61. The molecule has 1 N–H and O–H groups in total. The summed E-state index contributed by atoms with van der Waals surface area (Å²) in [6, 6.07) is 17.2. The van der Waals surface area contributed by atoms with Crippen LogP contribution >= 0.6 is 11.3 Å². The van der Waals surface area contributed by atoms with Crippen molar-refractivity contribution in [3.05, 3.63) is 77.6 Å². The lowest BCUT2D eigenvalue weighted by atomic mass is 10.3. The Morgan fingerprint density at radius 3 is 2.65 bits per heavy atom. The van der Waals surface area contributed by atoms with Gasteiger partial charge in [-0.25, -0.2) is 14.6 Å². The van der Waals surface area contributed by atoms with Crippen LogP contribution in [-0.2, 0) is 0 Å². The van der Waals surface area contributed by atoms with E-state index >= 15 is 0 Å². The number of nitrogens with zero attached hydrogens (tertiary/aromatic N) is 4. The van der Waals surface area contributed by atoms with Crippen LogP contribution in [0.3, 0.4) is 0 Å². The molecule has 0 spiro atoms. The number of rotatable bonds is 4. The average Bonchev–Trinajstić information content (AvgIpc) is 3.34. The smallest absolute Gasteiger partial charge is 0.296 e. The molecule has 6 nitrogen and oxygen atoms in total. The van der Waals surface area contributed by atoms with Gasteiger partial charge in [-0.2, -0.15) is 0 Å². The average molecular weight is 361 g/mol. The Morgan fingerprint density at radius 1 is 1.08 bits per heavy atom. The van der Waals surface area contributed by atoms with Gasteiger partial charge in [0, 0.05) is 6.20 Å². The zero-order valence-corrected chi connectivity index (χ0v) is 14.8.